The monoisotopic (exact) mass is 334 g/mol. The molecule has 0 unspecified atom stereocenters. The van der Waals surface area contributed by atoms with Gasteiger partial charge < -0.3 is 4.42 Å². The highest BCUT2D eigenvalue weighted by Gasteiger charge is 2.16. The molecule has 0 saturated carbocycles. The standard InChI is InChI=1S/C14H11FN4O3S/c15-10-4-6-11(7-5-10)23(20,21)17-9-13-18-19-14(22-13)12-3-1-2-8-16-12/h1-8,17H,9H2. The van der Waals surface area contributed by atoms with Crippen molar-refractivity contribution in [1.82, 2.24) is 19.9 Å². The third-order valence-corrected chi connectivity index (χ3v) is 4.31. The molecule has 1 N–H and O–H groups in total. The molecule has 9 heteroatoms. The van der Waals surface area contributed by atoms with Crippen molar-refractivity contribution in [2.45, 2.75) is 11.4 Å². The normalized spacial score (nSPS) is 11.5. The molecule has 0 bridgehead atoms. The molecule has 3 rings (SSSR count). The zero-order valence-corrected chi connectivity index (χ0v) is 12.5. The number of nitrogens with one attached hydrogen (secondary N) is 1. The van der Waals surface area contributed by atoms with Crippen LogP contribution in [0.4, 0.5) is 4.39 Å². The average molecular weight is 334 g/mol. The van der Waals surface area contributed by atoms with E-state index in [1.54, 1.807) is 24.4 Å². The SMILES string of the molecule is O=S(=O)(NCc1nnc(-c2ccccn2)o1)c1ccc(F)cc1. The minimum atomic E-state index is -3.79. The molecule has 3 aromatic rings. The molecule has 0 saturated heterocycles. The van der Waals surface area contributed by atoms with Crippen LogP contribution in [0.3, 0.4) is 0 Å². The van der Waals surface area contributed by atoms with E-state index in [4.69, 9.17) is 4.42 Å². The fraction of sp³-hybridized carbons (Fsp3) is 0.0714. The largest absolute Gasteiger partial charge is 0.418 e. The van der Waals surface area contributed by atoms with Crippen LogP contribution in [0.5, 0.6) is 0 Å². The Morgan fingerprint density at radius 2 is 1.87 bits per heavy atom. The van der Waals surface area contributed by atoms with Gasteiger partial charge in [0.25, 0.3) is 5.89 Å². The van der Waals surface area contributed by atoms with E-state index in [1.807, 2.05) is 0 Å². The van der Waals surface area contributed by atoms with Crippen LogP contribution in [0, 0.1) is 5.82 Å². The van der Waals surface area contributed by atoms with E-state index in [-0.39, 0.29) is 23.2 Å². The summed E-state index contributed by atoms with van der Waals surface area (Å²) in [6, 6.07) is 9.69. The van der Waals surface area contributed by atoms with Crippen molar-refractivity contribution in [2.75, 3.05) is 0 Å². The molecule has 0 aliphatic heterocycles. The van der Waals surface area contributed by atoms with E-state index in [2.05, 4.69) is 19.9 Å². The number of pyridine rings is 1. The summed E-state index contributed by atoms with van der Waals surface area (Å²) in [7, 11) is -3.79. The first-order valence-electron chi connectivity index (χ1n) is 6.53. The quantitative estimate of drug-likeness (QED) is 0.763. The fourth-order valence-corrected chi connectivity index (χ4v) is 2.75. The van der Waals surface area contributed by atoms with Crippen LogP contribution >= 0.6 is 0 Å². The highest BCUT2D eigenvalue weighted by Crippen LogP contribution is 2.15. The van der Waals surface area contributed by atoms with E-state index in [9.17, 15) is 12.8 Å². The lowest BCUT2D eigenvalue weighted by Crippen LogP contribution is -2.23. The zero-order valence-electron chi connectivity index (χ0n) is 11.7. The Kier molecular flexibility index (Phi) is 4.13. The van der Waals surface area contributed by atoms with Gasteiger partial charge in [0.2, 0.25) is 15.9 Å². The Morgan fingerprint density at radius 1 is 1.09 bits per heavy atom. The summed E-state index contributed by atoms with van der Waals surface area (Å²) in [4.78, 5) is 4.00. The van der Waals surface area contributed by atoms with Gasteiger partial charge in [-0.1, -0.05) is 6.07 Å². The molecule has 23 heavy (non-hydrogen) atoms. The number of halogens is 1. The first-order chi connectivity index (χ1) is 11.0. The van der Waals surface area contributed by atoms with E-state index >= 15 is 0 Å². The van der Waals surface area contributed by atoms with Crippen LogP contribution in [0.2, 0.25) is 0 Å². The van der Waals surface area contributed by atoms with Crippen molar-refractivity contribution in [2.24, 2.45) is 0 Å². The number of rotatable bonds is 5. The lowest BCUT2D eigenvalue weighted by Gasteiger charge is -2.04. The minimum absolute atomic E-state index is 0.0524. The van der Waals surface area contributed by atoms with Crippen molar-refractivity contribution < 1.29 is 17.2 Å². The molecule has 2 aromatic heterocycles. The van der Waals surface area contributed by atoms with Gasteiger partial charge in [-0.15, -0.1) is 10.2 Å². The third kappa shape index (κ3) is 3.58. The number of hydrogen-bond acceptors (Lipinski definition) is 6. The summed E-state index contributed by atoms with van der Waals surface area (Å²) in [6.45, 7) is -0.181. The molecule has 2 heterocycles. The van der Waals surface area contributed by atoms with E-state index in [0.717, 1.165) is 12.1 Å². The Labute approximate surface area is 131 Å². The Hall–Kier alpha value is -2.65. The van der Waals surface area contributed by atoms with Gasteiger partial charge in [-0.3, -0.25) is 4.98 Å². The molecule has 0 fully saturated rings. The molecule has 0 aliphatic rings. The maximum absolute atomic E-state index is 12.8. The molecule has 0 amide bonds. The second-order valence-electron chi connectivity index (χ2n) is 4.49. The van der Waals surface area contributed by atoms with Crippen molar-refractivity contribution in [3.63, 3.8) is 0 Å². The van der Waals surface area contributed by atoms with Crippen LogP contribution < -0.4 is 4.72 Å². The Morgan fingerprint density at radius 3 is 2.57 bits per heavy atom. The number of nitrogens with zero attached hydrogens (tertiary/aromatic N) is 3. The van der Waals surface area contributed by atoms with Gasteiger partial charge in [0, 0.05) is 6.20 Å². The summed E-state index contributed by atoms with van der Waals surface area (Å²) in [5, 5.41) is 7.57. The fourth-order valence-electron chi connectivity index (χ4n) is 1.77. The van der Waals surface area contributed by atoms with Gasteiger partial charge in [-0.2, -0.15) is 0 Å². The summed E-state index contributed by atoms with van der Waals surface area (Å²) in [6.07, 6.45) is 1.58. The summed E-state index contributed by atoms with van der Waals surface area (Å²) in [5.74, 6) is -0.223. The van der Waals surface area contributed by atoms with Gasteiger partial charge in [-0.25, -0.2) is 17.5 Å². The molecule has 0 atom stereocenters. The number of aromatic nitrogens is 3. The Bertz CT molecular complexity index is 895. The van der Waals surface area contributed by atoms with Crippen LogP contribution in [0.15, 0.2) is 58.0 Å². The van der Waals surface area contributed by atoms with Crippen molar-refractivity contribution in [3.8, 4) is 11.6 Å². The predicted octanol–water partition coefficient (Wildman–Crippen LogP) is 1.75. The Balaban J connectivity index is 1.71. The third-order valence-electron chi connectivity index (χ3n) is 2.89. The van der Waals surface area contributed by atoms with Crippen LogP contribution in [-0.2, 0) is 16.6 Å². The number of hydrogen-bond donors (Lipinski definition) is 1. The molecule has 0 aliphatic carbocycles. The predicted molar refractivity (Wildman–Crippen MR) is 78.0 cm³/mol. The molecule has 0 spiro atoms. The molecule has 0 radical (unpaired) electrons. The van der Waals surface area contributed by atoms with Crippen LogP contribution in [0.25, 0.3) is 11.6 Å². The van der Waals surface area contributed by atoms with Crippen LogP contribution in [0.1, 0.15) is 5.89 Å². The van der Waals surface area contributed by atoms with Crippen molar-refractivity contribution >= 4 is 10.0 Å². The smallest absolute Gasteiger partial charge is 0.266 e. The first kappa shape index (κ1) is 15.3. The zero-order chi connectivity index (χ0) is 16.3. The number of sulfonamides is 1. The molecular formula is C14H11FN4O3S. The second-order valence-corrected chi connectivity index (χ2v) is 6.26. The van der Waals surface area contributed by atoms with Gasteiger partial charge in [0.05, 0.1) is 11.4 Å². The summed E-state index contributed by atoms with van der Waals surface area (Å²) < 4.78 is 44.6. The van der Waals surface area contributed by atoms with E-state index in [0.29, 0.717) is 5.69 Å². The second kappa shape index (κ2) is 6.23. The highest BCUT2D eigenvalue weighted by molar-refractivity contribution is 7.89. The maximum atomic E-state index is 12.8. The lowest BCUT2D eigenvalue weighted by molar-refractivity contribution is 0.493. The first-order valence-corrected chi connectivity index (χ1v) is 8.02. The minimum Gasteiger partial charge on any atom is -0.418 e. The number of benzene rings is 1. The topological polar surface area (TPSA) is 98.0 Å². The van der Waals surface area contributed by atoms with E-state index < -0.39 is 15.8 Å². The molecular weight excluding hydrogens is 323 g/mol. The molecule has 1 aromatic carbocycles. The van der Waals surface area contributed by atoms with Gasteiger partial charge in [0.1, 0.15) is 11.5 Å². The van der Waals surface area contributed by atoms with Crippen molar-refractivity contribution in [3.05, 3.63) is 60.4 Å². The molecule has 118 valence electrons. The van der Waals surface area contributed by atoms with Gasteiger partial charge in [-0.05, 0) is 36.4 Å². The van der Waals surface area contributed by atoms with Gasteiger partial charge >= 0.3 is 0 Å². The van der Waals surface area contributed by atoms with Crippen LogP contribution in [-0.4, -0.2) is 23.6 Å². The average Bonchev–Trinajstić information content (AvgIpc) is 3.03. The highest BCUT2D eigenvalue weighted by atomic mass is 32.2. The lowest BCUT2D eigenvalue weighted by atomic mass is 10.3. The molecule has 7 nitrogen and oxygen atoms in total. The maximum Gasteiger partial charge on any atom is 0.266 e. The summed E-state index contributed by atoms with van der Waals surface area (Å²) >= 11 is 0. The van der Waals surface area contributed by atoms with Gasteiger partial charge in [0.15, 0.2) is 0 Å². The summed E-state index contributed by atoms with van der Waals surface area (Å²) in [5.41, 5.74) is 0.493. The van der Waals surface area contributed by atoms with E-state index in [1.165, 1.54) is 12.1 Å². The van der Waals surface area contributed by atoms with Crippen molar-refractivity contribution in [1.29, 1.82) is 0 Å².